The number of anilines is 1. The summed E-state index contributed by atoms with van der Waals surface area (Å²) in [6.07, 6.45) is 0. The van der Waals surface area contributed by atoms with Crippen LogP contribution in [0, 0.1) is 6.92 Å². The molecule has 1 amide bonds. The van der Waals surface area contributed by atoms with Crippen molar-refractivity contribution in [3.8, 4) is 0 Å². The molecule has 3 nitrogen and oxygen atoms in total. The molecule has 106 valence electrons. The Hall–Kier alpha value is -1.97. The number of aryl methyl sites for hydroxylation is 1. The molecule has 0 unspecified atom stereocenters. The highest BCUT2D eigenvalue weighted by atomic mass is 35.5. The van der Waals surface area contributed by atoms with Gasteiger partial charge in [0.15, 0.2) is 5.76 Å². The van der Waals surface area contributed by atoms with E-state index in [2.05, 4.69) is 5.32 Å². The Kier molecular flexibility index (Phi) is 3.62. The lowest BCUT2D eigenvalue weighted by Crippen LogP contribution is -2.11. The van der Waals surface area contributed by atoms with Crippen LogP contribution in [0.2, 0.25) is 10.0 Å². The fourth-order valence-corrected chi connectivity index (χ4v) is 2.48. The second kappa shape index (κ2) is 5.43. The molecular formula is C16H11Cl2NO2. The van der Waals surface area contributed by atoms with Crippen molar-refractivity contribution in [2.45, 2.75) is 6.92 Å². The Labute approximate surface area is 131 Å². The summed E-state index contributed by atoms with van der Waals surface area (Å²) in [5.74, 6) is -0.0747. The number of rotatable bonds is 2. The predicted molar refractivity (Wildman–Crippen MR) is 85.4 cm³/mol. The molecule has 0 fully saturated rings. The molecule has 1 heterocycles. The first kappa shape index (κ1) is 14.0. The third-order valence-electron chi connectivity index (χ3n) is 3.14. The van der Waals surface area contributed by atoms with Crippen LogP contribution in [-0.2, 0) is 0 Å². The zero-order chi connectivity index (χ0) is 15.0. The van der Waals surface area contributed by atoms with E-state index in [1.54, 1.807) is 42.5 Å². The Morgan fingerprint density at radius 2 is 1.76 bits per heavy atom. The second-order valence-corrected chi connectivity index (χ2v) is 5.58. The predicted octanol–water partition coefficient (Wildman–Crippen LogP) is 5.30. The number of halogens is 2. The van der Waals surface area contributed by atoms with Gasteiger partial charge in [0.05, 0.1) is 0 Å². The zero-order valence-electron chi connectivity index (χ0n) is 11.1. The maximum absolute atomic E-state index is 12.2. The zero-order valence-corrected chi connectivity index (χ0v) is 12.6. The van der Waals surface area contributed by atoms with Gasteiger partial charge in [-0.3, -0.25) is 4.79 Å². The van der Waals surface area contributed by atoms with E-state index in [9.17, 15) is 4.79 Å². The van der Waals surface area contributed by atoms with Crippen LogP contribution >= 0.6 is 23.2 Å². The summed E-state index contributed by atoms with van der Waals surface area (Å²) in [6, 6.07) is 12.2. The van der Waals surface area contributed by atoms with Crippen molar-refractivity contribution in [2.24, 2.45) is 0 Å². The van der Waals surface area contributed by atoms with Gasteiger partial charge in [0.25, 0.3) is 5.91 Å². The van der Waals surface area contributed by atoms with Crippen molar-refractivity contribution in [2.75, 3.05) is 5.32 Å². The summed E-state index contributed by atoms with van der Waals surface area (Å²) >= 11 is 11.8. The lowest BCUT2D eigenvalue weighted by Gasteiger charge is -2.06. The van der Waals surface area contributed by atoms with E-state index in [-0.39, 0.29) is 11.7 Å². The van der Waals surface area contributed by atoms with Gasteiger partial charge in [-0.15, -0.1) is 0 Å². The average molecular weight is 320 g/mol. The summed E-state index contributed by atoms with van der Waals surface area (Å²) in [6.45, 7) is 1.87. The molecule has 0 radical (unpaired) electrons. The molecule has 0 aliphatic carbocycles. The molecule has 0 saturated heterocycles. The standard InChI is InChI=1S/C16H11Cl2NO2/c1-9-6-11(17)2-4-13(9)19-16(20)15-8-10-7-12(18)3-5-14(10)21-15/h2-8H,1H3,(H,19,20). The number of carbonyl (C=O) groups is 1. The molecule has 2 aromatic carbocycles. The maximum Gasteiger partial charge on any atom is 0.291 e. The van der Waals surface area contributed by atoms with Crippen LogP contribution in [0.15, 0.2) is 46.9 Å². The van der Waals surface area contributed by atoms with Gasteiger partial charge in [-0.05, 0) is 55.0 Å². The molecule has 21 heavy (non-hydrogen) atoms. The topological polar surface area (TPSA) is 42.2 Å². The van der Waals surface area contributed by atoms with Crippen molar-refractivity contribution >= 4 is 45.8 Å². The molecule has 0 bridgehead atoms. The molecule has 3 aromatic rings. The molecule has 5 heteroatoms. The van der Waals surface area contributed by atoms with Crippen LogP contribution in [0.3, 0.4) is 0 Å². The van der Waals surface area contributed by atoms with Gasteiger partial charge in [0, 0.05) is 21.1 Å². The summed E-state index contributed by atoms with van der Waals surface area (Å²) < 4.78 is 5.52. The van der Waals surface area contributed by atoms with Gasteiger partial charge >= 0.3 is 0 Å². The number of nitrogens with one attached hydrogen (secondary N) is 1. The lowest BCUT2D eigenvalue weighted by molar-refractivity contribution is 0.0998. The van der Waals surface area contributed by atoms with E-state index in [4.69, 9.17) is 27.6 Å². The molecule has 0 saturated carbocycles. The van der Waals surface area contributed by atoms with Crippen molar-refractivity contribution in [1.29, 1.82) is 0 Å². The quantitative estimate of drug-likeness (QED) is 0.696. The first-order valence-corrected chi connectivity index (χ1v) is 7.05. The minimum Gasteiger partial charge on any atom is -0.451 e. The summed E-state index contributed by atoms with van der Waals surface area (Å²) in [5.41, 5.74) is 2.20. The Morgan fingerprint density at radius 3 is 2.52 bits per heavy atom. The molecule has 3 rings (SSSR count). The molecule has 0 aliphatic rings. The molecule has 0 atom stereocenters. The van der Waals surface area contributed by atoms with E-state index in [1.807, 2.05) is 6.92 Å². The fraction of sp³-hybridized carbons (Fsp3) is 0.0625. The first-order valence-electron chi connectivity index (χ1n) is 6.29. The summed E-state index contributed by atoms with van der Waals surface area (Å²) in [4.78, 5) is 12.2. The first-order chi connectivity index (χ1) is 10.0. The van der Waals surface area contributed by atoms with Crippen LogP contribution < -0.4 is 5.32 Å². The normalized spacial score (nSPS) is 10.8. The minimum absolute atomic E-state index is 0.238. The van der Waals surface area contributed by atoms with Gasteiger partial charge in [-0.25, -0.2) is 0 Å². The Balaban J connectivity index is 1.89. The number of fused-ring (bicyclic) bond motifs is 1. The van der Waals surface area contributed by atoms with Gasteiger partial charge in [0.2, 0.25) is 0 Å². The van der Waals surface area contributed by atoms with Gasteiger partial charge < -0.3 is 9.73 Å². The monoisotopic (exact) mass is 319 g/mol. The Morgan fingerprint density at radius 1 is 1.05 bits per heavy atom. The third kappa shape index (κ3) is 2.89. The van der Waals surface area contributed by atoms with E-state index in [0.717, 1.165) is 10.9 Å². The van der Waals surface area contributed by atoms with E-state index in [0.29, 0.717) is 21.3 Å². The molecule has 0 spiro atoms. The highest BCUT2D eigenvalue weighted by Gasteiger charge is 2.13. The lowest BCUT2D eigenvalue weighted by atomic mass is 10.2. The van der Waals surface area contributed by atoms with E-state index >= 15 is 0 Å². The van der Waals surface area contributed by atoms with Crippen LogP contribution in [-0.4, -0.2) is 5.91 Å². The highest BCUT2D eigenvalue weighted by molar-refractivity contribution is 6.31. The minimum atomic E-state index is -0.312. The van der Waals surface area contributed by atoms with Crippen molar-refractivity contribution in [3.05, 3.63) is 63.8 Å². The van der Waals surface area contributed by atoms with Crippen LogP contribution in [0.25, 0.3) is 11.0 Å². The van der Waals surface area contributed by atoms with E-state index < -0.39 is 0 Å². The summed E-state index contributed by atoms with van der Waals surface area (Å²) in [5, 5.41) is 4.83. The average Bonchev–Trinajstić information content (AvgIpc) is 2.85. The van der Waals surface area contributed by atoms with Crippen molar-refractivity contribution < 1.29 is 9.21 Å². The van der Waals surface area contributed by atoms with Crippen molar-refractivity contribution in [1.82, 2.24) is 0 Å². The second-order valence-electron chi connectivity index (χ2n) is 4.71. The fourth-order valence-electron chi connectivity index (χ4n) is 2.08. The number of hydrogen-bond donors (Lipinski definition) is 1. The third-order valence-corrected chi connectivity index (χ3v) is 3.61. The van der Waals surface area contributed by atoms with Crippen LogP contribution in [0.5, 0.6) is 0 Å². The van der Waals surface area contributed by atoms with Gasteiger partial charge in [-0.2, -0.15) is 0 Å². The van der Waals surface area contributed by atoms with Gasteiger partial charge in [0.1, 0.15) is 5.58 Å². The highest BCUT2D eigenvalue weighted by Crippen LogP contribution is 2.25. The van der Waals surface area contributed by atoms with Gasteiger partial charge in [-0.1, -0.05) is 23.2 Å². The van der Waals surface area contributed by atoms with Crippen LogP contribution in [0.1, 0.15) is 16.1 Å². The maximum atomic E-state index is 12.2. The number of hydrogen-bond acceptors (Lipinski definition) is 2. The van der Waals surface area contributed by atoms with Crippen LogP contribution in [0.4, 0.5) is 5.69 Å². The van der Waals surface area contributed by atoms with Crippen molar-refractivity contribution in [3.63, 3.8) is 0 Å². The number of furan rings is 1. The SMILES string of the molecule is Cc1cc(Cl)ccc1NC(=O)c1cc2cc(Cl)ccc2o1. The molecule has 1 N–H and O–H groups in total. The number of amides is 1. The Bertz CT molecular complexity index is 839. The van der Waals surface area contributed by atoms with E-state index in [1.165, 1.54) is 0 Å². The smallest absolute Gasteiger partial charge is 0.291 e. The molecule has 1 aromatic heterocycles. The largest absolute Gasteiger partial charge is 0.451 e. The number of benzene rings is 2. The molecule has 0 aliphatic heterocycles. The molecular weight excluding hydrogens is 309 g/mol. The summed E-state index contributed by atoms with van der Waals surface area (Å²) in [7, 11) is 0. The number of carbonyl (C=O) groups excluding carboxylic acids is 1.